The van der Waals surface area contributed by atoms with E-state index in [1.54, 1.807) is 0 Å². The number of carboxylic acid groups (broad SMARTS) is 1. The summed E-state index contributed by atoms with van der Waals surface area (Å²) in [6.45, 7) is 2.32. The summed E-state index contributed by atoms with van der Waals surface area (Å²) in [5.74, 6) is 0.550. The van der Waals surface area contributed by atoms with E-state index in [2.05, 4.69) is 15.3 Å². The van der Waals surface area contributed by atoms with Gasteiger partial charge in [0.1, 0.15) is 0 Å². The molecule has 0 fully saturated rings. The van der Waals surface area contributed by atoms with E-state index in [0.29, 0.717) is 12.5 Å². The number of aromatic nitrogens is 2. The number of ether oxygens (including phenoxy) is 1. The molecule has 0 saturated carbocycles. The summed E-state index contributed by atoms with van der Waals surface area (Å²) in [5.41, 5.74) is 0. The van der Waals surface area contributed by atoms with Crippen LogP contribution in [0.1, 0.15) is 6.92 Å². The van der Waals surface area contributed by atoms with Crippen molar-refractivity contribution in [2.24, 2.45) is 0 Å². The van der Waals surface area contributed by atoms with Crippen LogP contribution in [-0.4, -0.2) is 27.8 Å². The van der Waals surface area contributed by atoms with E-state index >= 15 is 0 Å². The Balaban J connectivity index is 2.64. The van der Waals surface area contributed by atoms with E-state index in [1.165, 1.54) is 12.4 Å². The van der Waals surface area contributed by atoms with Gasteiger partial charge >= 0.3 is 6.09 Å². The van der Waals surface area contributed by atoms with Crippen LogP contribution in [0, 0.1) is 0 Å². The summed E-state index contributed by atoms with van der Waals surface area (Å²) in [4.78, 5) is 17.7. The lowest BCUT2D eigenvalue weighted by Crippen LogP contribution is -2.09. The largest absolute Gasteiger partial charge is 0.477 e. The Morgan fingerprint density at radius 2 is 2.38 bits per heavy atom. The highest BCUT2D eigenvalue weighted by Gasteiger charge is 2.00. The molecule has 0 aromatic carbocycles. The fourth-order valence-electron chi connectivity index (χ4n) is 0.713. The van der Waals surface area contributed by atoms with E-state index in [0.717, 1.165) is 0 Å². The highest BCUT2D eigenvalue weighted by atomic mass is 16.5. The maximum Gasteiger partial charge on any atom is 0.410 e. The Kier molecular flexibility index (Phi) is 3.02. The van der Waals surface area contributed by atoms with Crippen LogP contribution >= 0.6 is 0 Å². The van der Waals surface area contributed by atoms with Gasteiger partial charge in [-0.15, -0.1) is 0 Å². The lowest BCUT2D eigenvalue weighted by molar-refractivity contribution is 0.209. The standard InChI is InChI=1S/C7H9N3O3/c1-2-13-6-4-8-5(3-9-6)10-7(11)12/h3-4H,2H2,1H3,(H,8,10)(H,11,12). The predicted octanol–water partition coefficient (Wildman–Crippen LogP) is 0.965. The van der Waals surface area contributed by atoms with Crippen LogP contribution in [0.5, 0.6) is 5.88 Å². The molecule has 0 unspecified atom stereocenters. The summed E-state index contributed by atoms with van der Waals surface area (Å²) in [6.07, 6.45) is 1.48. The number of nitrogens with zero attached hydrogens (tertiary/aromatic N) is 2. The fraction of sp³-hybridized carbons (Fsp3) is 0.286. The summed E-state index contributed by atoms with van der Waals surface area (Å²) < 4.78 is 5.02. The topological polar surface area (TPSA) is 84.3 Å². The van der Waals surface area contributed by atoms with Crippen molar-refractivity contribution in [1.29, 1.82) is 0 Å². The van der Waals surface area contributed by atoms with Gasteiger partial charge in [0.2, 0.25) is 5.88 Å². The molecule has 0 aliphatic heterocycles. The van der Waals surface area contributed by atoms with Crippen molar-refractivity contribution < 1.29 is 14.6 Å². The molecule has 0 atom stereocenters. The molecule has 0 radical (unpaired) electrons. The molecule has 1 rings (SSSR count). The minimum atomic E-state index is -1.17. The quantitative estimate of drug-likeness (QED) is 0.729. The molecule has 0 bridgehead atoms. The van der Waals surface area contributed by atoms with Crippen molar-refractivity contribution >= 4 is 11.9 Å². The fourth-order valence-corrected chi connectivity index (χ4v) is 0.713. The molecule has 70 valence electrons. The Morgan fingerprint density at radius 1 is 1.62 bits per heavy atom. The first kappa shape index (κ1) is 9.24. The first-order valence-electron chi connectivity index (χ1n) is 3.67. The summed E-state index contributed by atoms with van der Waals surface area (Å²) in [5, 5.41) is 10.4. The maximum absolute atomic E-state index is 10.2. The average Bonchev–Trinajstić information content (AvgIpc) is 2.08. The van der Waals surface area contributed by atoms with Crippen molar-refractivity contribution in [3.8, 4) is 5.88 Å². The lowest BCUT2D eigenvalue weighted by Gasteiger charge is -2.01. The van der Waals surface area contributed by atoms with E-state index < -0.39 is 6.09 Å². The lowest BCUT2D eigenvalue weighted by atomic mass is 10.6. The molecule has 6 heteroatoms. The van der Waals surface area contributed by atoms with Crippen molar-refractivity contribution in [2.75, 3.05) is 11.9 Å². The molecule has 2 N–H and O–H groups in total. The number of carbonyl (C=O) groups is 1. The van der Waals surface area contributed by atoms with Crippen LogP contribution in [0.2, 0.25) is 0 Å². The summed E-state index contributed by atoms with van der Waals surface area (Å²) >= 11 is 0. The zero-order valence-electron chi connectivity index (χ0n) is 7.02. The molecule has 1 aromatic rings. The van der Waals surface area contributed by atoms with E-state index in [9.17, 15) is 4.79 Å². The number of anilines is 1. The van der Waals surface area contributed by atoms with Gasteiger partial charge in [0.15, 0.2) is 5.82 Å². The van der Waals surface area contributed by atoms with Crippen LogP contribution in [0.15, 0.2) is 12.4 Å². The molecule has 0 spiro atoms. The van der Waals surface area contributed by atoms with E-state index in [1.807, 2.05) is 6.92 Å². The van der Waals surface area contributed by atoms with Gasteiger partial charge in [-0.3, -0.25) is 5.32 Å². The third kappa shape index (κ3) is 2.94. The Labute approximate surface area is 74.6 Å². The van der Waals surface area contributed by atoms with Crippen LogP contribution < -0.4 is 10.1 Å². The predicted molar refractivity (Wildman–Crippen MR) is 44.8 cm³/mol. The molecule has 1 heterocycles. The van der Waals surface area contributed by atoms with Crippen molar-refractivity contribution in [3.05, 3.63) is 12.4 Å². The van der Waals surface area contributed by atoms with Crippen LogP contribution in [-0.2, 0) is 0 Å². The van der Waals surface area contributed by atoms with Crippen molar-refractivity contribution in [2.45, 2.75) is 6.92 Å². The Bertz CT molecular complexity index is 286. The molecule has 0 aliphatic rings. The van der Waals surface area contributed by atoms with Crippen LogP contribution in [0.4, 0.5) is 10.6 Å². The van der Waals surface area contributed by atoms with Crippen LogP contribution in [0.3, 0.4) is 0 Å². The molecule has 1 amide bonds. The third-order valence-corrected chi connectivity index (χ3v) is 1.16. The van der Waals surface area contributed by atoms with Gasteiger partial charge in [-0.05, 0) is 6.92 Å². The van der Waals surface area contributed by atoms with E-state index in [4.69, 9.17) is 9.84 Å². The van der Waals surface area contributed by atoms with Crippen molar-refractivity contribution in [1.82, 2.24) is 9.97 Å². The maximum atomic E-state index is 10.2. The minimum absolute atomic E-state index is 0.177. The average molecular weight is 183 g/mol. The normalized spacial score (nSPS) is 9.31. The molecule has 13 heavy (non-hydrogen) atoms. The second-order valence-corrected chi connectivity index (χ2v) is 2.10. The van der Waals surface area contributed by atoms with Gasteiger partial charge in [-0.1, -0.05) is 0 Å². The van der Waals surface area contributed by atoms with E-state index in [-0.39, 0.29) is 5.82 Å². The molecule has 1 aromatic heterocycles. The highest BCUT2D eigenvalue weighted by Crippen LogP contribution is 2.06. The highest BCUT2D eigenvalue weighted by molar-refractivity contribution is 5.81. The van der Waals surface area contributed by atoms with Gasteiger partial charge in [-0.25, -0.2) is 14.8 Å². The van der Waals surface area contributed by atoms with Gasteiger partial charge in [0, 0.05) is 0 Å². The zero-order valence-corrected chi connectivity index (χ0v) is 7.02. The van der Waals surface area contributed by atoms with Gasteiger partial charge in [-0.2, -0.15) is 0 Å². The third-order valence-electron chi connectivity index (χ3n) is 1.16. The second-order valence-electron chi connectivity index (χ2n) is 2.10. The SMILES string of the molecule is CCOc1cnc(NC(=O)O)cn1. The second kappa shape index (κ2) is 4.24. The number of nitrogens with one attached hydrogen (secondary N) is 1. The van der Waals surface area contributed by atoms with Gasteiger partial charge in [0.25, 0.3) is 0 Å². The first-order valence-corrected chi connectivity index (χ1v) is 3.67. The Hall–Kier alpha value is -1.85. The summed E-state index contributed by atoms with van der Waals surface area (Å²) in [7, 11) is 0. The summed E-state index contributed by atoms with van der Waals surface area (Å²) in [6, 6.07) is 0. The molecular formula is C7H9N3O3. The minimum Gasteiger partial charge on any atom is -0.477 e. The monoisotopic (exact) mass is 183 g/mol. The molecular weight excluding hydrogens is 174 g/mol. The van der Waals surface area contributed by atoms with Gasteiger partial charge in [0.05, 0.1) is 19.0 Å². The number of hydrogen-bond donors (Lipinski definition) is 2. The first-order chi connectivity index (χ1) is 6.22. The molecule has 6 nitrogen and oxygen atoms in total. The van der Waals surface area contributed by atoms with Crippen LogP contribution in [0.25, 0.3) is 0 Å². The zero-order chi connectivity index (χ0) is 9.68. The van der Waals surface area contributed by atoms with Gasteiger partial charge < -0.3 is 9.84 Å². The number of amides is 1. The van der Waals surface area contributed by atoms with Crippen molar-refractivity contribution in [3.63, 3.8) is 0 Å². The molecule has 0 saturated heterocycles. The molecule has 0 aliphatic carbocycles. The smallest absolute Gasteiger partial charge is 0.410 e. The number of hydrogen-bond acceptors (Lipinski definition) is 4. The number of rotatable bonds is 3. The Morgan fingerprint density at radius 3 is 2.85 bits per heavy atom.